The summed E-state index contributed by atoms with van der Waals surface area (Å²) in [6.07, 6.45) is 1.89. The first-order valence-corrected chi connectivity index (χ1v) is 7.45. The van der Waals surface area contributed by atoms with Gasteiger partial charge < -0.3 is 5.32 Å². The van der Waals surface area contributed by atoms with Gasteiger partial charge in [0.1, 0.15) is 0 Å². The molecule has 21 heavy (non-hydrogen) atoms. The fourth-order valence-electron chi connectivity index (χ4n) is 1.98. The topological polar surface area (TPSA) is 72.2 Å². The van der Waals surface area contributed by atoms with Gasteiger partial charge in [0, 0.05) is 11.0 Å². The molecule has 0 aromatic heterocycles. The van der Waals surface area contributed by atoms with Gasteiger partial charge in [0.25, 0.3) is 11.6 Å². The lowest BCUT2D eigenvalue weighted by Gasteiger charge is -2.10. The van der Waals surface area contributed by atoms with E-state index in [-0.39, 0.29) is 11.6 Å². The fourth-order valence-corrected chi connectivity index (χ4v) is 2.57. The first kappa shape index (κ1) is 15.1. The van der Waals surface area contributed by atoms with Crippen LogP contribution in [0.15, 0.2) is 47.4 Å². The van der Waals surface area contributed by atoms with Gasteiger partial charge in [0.15, 0.2) is 0 Å². The summed E-state index contributed by atoms with van der Waals surface area (Å²) in [7, 11) is 0. The van der Waals surface area contributed by atoms with Crippen molar-refractivity contribution in [3.05, 3.63) is 63.7 Å². The summed E-state index contributed by atoms with van der Waals surface area (Å²) in [6, 6.07) is 11.9. The van der Waals surface area contributed by atoms with Crippen molar-refractivity contribution in [1.82, 2.24) is 0 Å². The maximum atomic E-state index is 12.3. The predicted octanol–water partition coefficient (Wildman–Crippen LogP) is 3.88. The number of rotatable bonds is 4. The highest BCUT2D eigenvalue weighted by atomic mass is 32.2. The summed E-state index contributed by atoms with van der Waals surface area (Å²) < 4.78 is 0. The highest BCUT2D eigenvalue weighted by molar-refractivity contribution is 7.98. The quantitative estimate of drug-likeness (QED) is 0.528. The van der Waals surface area contributed by atoms with Gasteiger partial charge in [-0.25, -0.2) is 0 Å². The molecule has 0 radical (unpaired) electrons. The molecule has 0 saturated heterocycles. The molecule has 0 heterocycles. The lowest BCUT2D eigenvalue weighted by Crippen LogP contribution is -2.14. The van der Waals surface area contributed by atoms with E-state index in [0.717, 1.165) is 4.90 Å². The molecule has 0 aliphatic carbocycles. The fraction of sp³-hybridized carbons (Fsp3) is 0.133. The van der Waals surface area contributed by atoms with Crippen molar-refractivity contribution in [2.75, 3.05) is 11.6 Å². The lowest BCUT2D eigenvalue weighted by molar-refractivity contribution is -0.385. The van der Waals surface area contributed by atoms with Gasteiger partial charge >= 0.3 is 0 Å². The van der Waals surface area contributed by atoms with Crippen LogP contribution in [-0.4, -0.2) is 17.1 Å². The third kappa shape index (κ3) is 3.22. The number of hydrogen-bond donors (Lipinski definition) is 1. The summed E-state index contributed by atoms with van der Waals surface area (Å²) in [4.78, 5) is 23.7. The van der Waals surface area contributed by atoms with Gasteiger partial charge in [0.05, 0.1) is 21.7 Å². The second-order valence-electron chi connectivity index (χ2n) is 4.36. The van der Waals surface area contributed by atoms with E-state index in [0.29, 0.717) is 16.8 Å². The third-order valence-corrected chi connectivity index (χ3v) is 3.90. The van der Waals surface area contributed by atoms with Gasteiger partial charge in [-0.3, -0.25) is 14.9 Å². The minimum absolute atomic E-state index is 0.00838. The molecular formula is C15H14N2O3S. The molecule has 0 atom stereocenters. The van der Waals surface area contributed by atoms with Crippen molar-refractivity contribution in [2.24, 2.45) is 0 Å². The Bertz CT molecular complexity index is 701. The van der Waals surface area contributed by atoms with E-state index in [1.807, 2.05) is 18.4 Å². The van der Waals surface area contributed by atoms with Gasteiger partial charge in [-0.15, -0.1) is 11.8 Å². The first-order chi connectivity index (χ1) is 10.0. The minimum Gasteiger partial charge on any atom is -0.321 e. The van der Waals surface area contributed by atoms with E-state index in [1.54, 1.807) is 31.2 Å². The molecule has 0 aliphatic rings. The Labute approximate surface area is 126 Å². The summed E-state index contributed by atoms with van der Waals surface area (Å²) in [5.41, 5.74) is 1.43. The molecule has 0 saturated carbocycles. The van der Waals surface area contributed by atoms with Gasteiger partial charge in [-0.05, 0) is 31.4 Å². The Hall–Kier alpha value is -2.34. The van der Waals surface area contributed by atoms with E-state index in [2.05, 4.69) is 5.32 Å². The van der Waals surface area contributed by atoms with Crippen LogP contribution in [0, 0.1) is 17.0 Å². The zero-order valence-electron chi connectivity index (χ0n) is 11.6. The Balaban J connectivity index is 2.32. The molecule has 108 valence electrons. The number of nitro benzene ring substituents is 1. The van der Waals surface area contributed by atoms with E-state index < -0.39 is 4.92 Å². The highest BCUT2D eigenvalue weighted by Gasteiger charge is 2.16. The number of amides is 1. The largest absolute Gasteiger partial charge is 0.321 e. The Morgan fingerprint density at radius 2 is 1.90 bits per heavy atom. The molecule has 6 heteroatoms. The average Bonchev–Trinajstić information content (AvgIpc) is 2.48. The molecule has 2 rings (SSSR count). The molecule has 5 nitrogen and oxygen atoms in total. The van der Waals surface area contributed by atoms with Crippen LogP contribution in [0.25, 0.3) is 0 Å². The number of nitro groups is 1. The zero-order valence-corrected chi connectivity index (χ0v) is 12.4. The Morgan fingerprint density at radius 1 is 1.19 bits per heavy atom. The number of benzene rings is 2. The van der Waals surface area contributed by atoms with Crippen LogP contribution in [0.3, 0.4) is 0 Å². The van der Waals surface area contributed by atoms with Crippen molar-refractivity contribution >= 4 is 29.0 Å². The number of nitrogens with zero attached hydrogens (tertiary/aromatic N) is 1. The summed E-state index contributed by atoms with van der Waals surface area (Å²) in [5.74, 6) is -0.274. The lowest BCUT2D eigenvalue weighted by atomic mass is 10.1. The van der Waals surface area contributed by atoms with Crippen molar-refractivity contribution in [2.45, 2.75) is 11.8 Å². The van der Waals surface area contributed by atoms with Gasteiger partial charge in [-0.1, -0.05) is 18.2 Å². The van der Waals surface area contributed by atoms with Crippen molar-refractivity contribution in [3.63, 3.8) is 0 Å². The second kappa shape index (κ2) is 6.41. The van der Waals surface area contributed by atoms with Crippen LogP contribution in [0.5, 0.6) is 0 Å². The number of anilines is 1. The molecule has 2 aromatic carbocycles. The summed E-state index contributed by atoms with van der Waals surface area (Å²) >= 11 is 1.48. The van der Waals surface area contributed by atoms with Crippen LogP contribution in [0.1, 0.15) is 15.9 Å². The van der Waals surface area contributed by atoms with Crippen LogP contribution in [-0.2, 0) is 0 Å². The monoisotopic (exact) mass is 302 g/mol. The molecule has 1 amide bonds. The smallest absolute Gasteiger partial charge is 0.274 e. The molecule has 2 aromatic rings. The second-order valence-corrected chi connectivity index (χ2v) is 5.21. The van der Waals surface area contributed by atoms with Crippen LogP contribution < -0.4 is 5.32 Å². The molecule has 1 N–H and O–H groups in total. The number of carbonyl (C=O) groups excluding carboxylic acids is 1. The highest BCUT2D eigenvalue weighted by Crippen LogP contribution is 2.26. The Kier molecular flexibility index (Phi) is 4.59. The molecular weight excluding hydrogens is 288 g/mol. The minimum atomic E-state index is -0.458. The summed E-state index contributed by atoms with van der Waals surface area (Å²) in [6.45, 7) is 1.62. The summed E-state index contributed by atoms with van der Waals surface area (Å²) in [5, 5.41) is 13.7. The van der Waals surface area contributed by atoms with E-state index >= 15 is 0 Å². The maximum Gasteiger partial charge on any atom is 0.274 e. The standard InChI is InChI=1S/C15H14N2O3S/c1-10-12(7-5-8-13(10)17(19)20)16-15(18)11-6-3-4-9-14(11)21-2/h3-9H,1-2H3,(H,16,18). The third-order valence-electron chi connectivity index (χ3n) is 3.10. The molecule has 0 unspecified atom stereocenters. The first-order valence-electron chi connectivity index (χ1n) is 6.23. The van der Waals surface area contributed by atoms with Gasteiger partial charge in [-0.2, -0.15) is 0 Å². The van der Waals surface area contributed by atoms with Crippen LogP contribution in [0.2, 0.25) is 0 Å². The number of nitrogens with one attached hydrogen (secondary N) is 1. The van der Waals surface area contributed by atoms with Crippen LogP contribution >= 0.6 is 11.8 Å². The molecule has 0 fully saturated rings. The SMILES string of the molecule is CSc1ccccc1C(=O)Nc1cccc([N+](=O)[O-])c1C. The number of carbonyl (C=O) groups is 1. The zero-order chi connectivity index (χ0) is 15.4. The van der Waals surface area contributed by atoms with Crippen molar-refractivity contribution in [3.8, 4) is 0 Å². The van der Waals surface area contributed by atoms with E-state index in [4.69, 9.17) is 0 Å². The van der Waals surface area contributed by atoms with Crippen molar-refractivity contribution < 1.29 is 9.72 Å². The van der Waals surface area contributed by atoms with Crippen LogP contribution in [0.4, 0.5) is 11.4 Å². The maximum absolute atomic E-state index is 12.3. The molecule has 0 bridgehead atoms. The van der Waals surface area contributed by atoms with E-state index in [1.165, 1.54) is 17.8 Å². The van der Waals surface area contributed by atoms with E-state index in [9.17, 15) is 14.9 Å². The van der Waals surface area contributed by atoms with Crippen molar-refractivity contribution in [1.29, 1.82) is 0 Å². The Morgan fingerprint density at radius 3 is 2.57 bits per heavy atom. The molecule has 0 aliphatic heterocycles. The van der Waals surface area contributed by atoms with Gasteiger partial charge in [0.2, 0.25) is 0 Å². The normalized spacial score (nSPS) is 10.2. The number of hydrogen-bond acceptors (Lipinski definition) is 4. The predicted molar refractivity (Wildman–Crippen MR) is 84.0 cm³/mol. The molecule has 0 spiro atoms. The average molecular weight is 302 g/mol. The number of thioether (sulfide) groups is 1.